The third-order valence-electron chi connectivity index (χ3n) is 8.50. The summed E-state index contributed by atoms with van der Waals surface area (Å²) < 4.78 is 8.40. The second-order valence-electron chi connectivity index (χ2n) is 11.4. The molecule has 1 unspecified atom stereocenters. The molecular weight excluding hydrogens is 500 g/mol. The number of rotatable bonds is 8. The van der Waals surface area contributed by atoms with Crippen LogP contribution in [0.2, 0.25) is 0 Å². The predicted molar refractivity (Wildman–Crippen MR) is 157 cm³/mol. The first-order valence-electron chi connectivity index (χ1n) is 14.7. The van der Waals surface area contributed by atoms with Crippen LogP contribution in [-0.2, 0) is 17.9 Å². The second kappa shape index (κ2) is 11.7. The number of pyridine rings is 1. The first-order chi connectivity index (χ1) is 19.5. The molecule has 2 fully saturated rings. The number of hydrogen-bond acceptors (Lipinski definition) is 5. The summed E-state index contributed by atoms with van der Waals surface area (Å²) in [4.78, 5) is 24.3. The number of ether oxygens (including phenoxy) is 1. The number of anilines is 1. The van der Waals surface area contributed by atoms with Crippen LogP contribution in [0.5, 0.6) is 5.75 Å². The van der Waals surface area contributed by atoms with Gasteiger partial charge in [0.05, 0.1) is 22.6 Å². The summed E-state index contributed by atoms with van der Waals surface area (Å²) in [6.45, 7) is 5.24. The number of aromatic nitrogens is 3. The van der Waals surface area contributed by atoms with Crippen LogP contribution >= 0.6 is 0 Å². The van der Waals surface area contributed by atoms with E-state index < -0.39 is 11.9 Å². The Labute approximate surface area is 235 Å². The van der Waals surface area contributed by atoms with E-state index in [2.05, 4.69) is 38.7 Å². The Balaban J connectivity index is 1.36. The zero-order chi connectivity index (χ0) is 27.5. The highest BCUT2D eigenvalue weighted by atomic mass is 16.5. The van der Waals surface area contributed by atoms with Gasteiger partial charge in [0.25, 0.3) is 0 Å². The number of carbonyl (C=O) groups is 1. The lowest BCUT2D eigenvalue weighted by Crippen LogP contribution is -2.29. The van der Waals surface area contributed by atoms with E-state index in [4.69, 9.17) is 9.72 Å². The highest BCUT2D eigenvalue weighted by molar-refractivity contribution is 5.79. The van der Waals surface area contributed by atoms with Gasteiger partial charge in [0.1, 0.15) is 18.2 Å². The van der Waals surface area contributed by atoms with Crippen molar-refractivity contribution in [3.63, 3.8) is 0 Å². The Morgan fingerprint density at radius 2 is 1.85 bits per heavy atom. The first-order valence-corrected chi connectivity index (χ1v) is 14.7. The molecule has 40 heavy (non-hydrogen) atoms. The molecule has 1 aliphatic heterocycles. The van der Waals surface area contributed by atoms with Gasteiger partial charge in [0.15, 0.2) is 0 Å². The van der Waals surface area contributed by atoms with Crippen LogP contribution in [0.4, 0.5) is 5.69 Å². The zero-order valence-electron chi connectivity index (χ0n) is 23.3. The molecule has 1 aliphatic carbocycles. The van der Waals surface area contributed by atoms with Crippen molar-refractivity contribution < 1.29 is 14.6 Å². The van der Waals surface area contributed by atoms with Gasteiger partial charge < -0.3 is 19.3 Å². The van der Waals surface area contributed by atoms with Gasteiger partial charge in [0.2, 0.25) is 0 Å². The maximum Gasteiger partial charge on any atom is 0.307 e. The van der Waals surface area contributed by atoms with Crippen molar-refractivity contribution in [1.82, 2.24) is 14.5 Å². The molecule has 1 N–H and O–H groups in total. The van der Waals surface area contributed by atoms with Gasteiger partial charge >= 0.3 is 5.97 Å². The Hall–Kier alpha value is -3.87. The van der Waals surface area contributed by atoms with E-state index >= 15 is 0 Å². The third-order valence-corrected chi connectivity index (χ3v) is 8.50. The van der Waals surface area contributed by atoms with Gasteiger partial charge in [-0.05, 0) is 80.5 Å². The summed E-state index contributed by atoms with van der Waals surface area (Å²) in [6.07, 6.45) is 9.15. The number of benzene rings is 2. The molecule has 7 nitrogen and oxygen atoms in total. The van der Waals surface area contributed by atoms with Crippen molar-refractivity contribution in [2.45, 2.75) is 70.9 Å². The number of nitrogens with zero attached hydrogens (tertiary/aromatic N) is 4. The first kappa shape index (κ1) is 26.4. The molecule has 208 valence electrons. The number of hydrogen-bond donors (Lipinski definition) is 1. The summed E-state index contributed by atoms with van der Waals surface area (Å²) in [6, 6.07) is 18.8. The number of carboxylic acid groups (broad SMARTS) is 1. The van der Waals surface area contributed by atoms with Crippen molar-refractivity contribution in [3.8, 4) is 5.75 Å². The largest absolute Gasteiger partial charge is 0.487 e. The molecule has 2 atom stereocenters. The highest BCUT2D eigenvalue weighted by Crippen LogP contribution is 2.39. The molecule has 0 spiro atoms. The predicted octanol–water partition coefficient (Wildman–Crippen LogP) is 6.72. The van der Waals surface area contributed by atoms with Crippen molar-refractivity contribution in [1.29, 1.82) is 0 Å². The number of imidazole rings is 1. The average molecular weight is 539 g/mol. The molecule has 4 aromatic rings. The van der Waals surface area contributed by atoms with Crippen LogP contribution in [0.1, 0.15) is 73.5 Å². The van der Waals surface area contributed by atoms with Crippen molar-refractivity contribution in [2.75, 3.05) is 18.0 Å². The van der Waals surface area contributed by atoms with Crippen LogP contribution in [-0.4, -0.2) is 38.7 Å². The van der Waals surface area contributed by atoms with E-state index in [1.54, 1.807) is 0 Å². The van der Waals surface area contributed by atoms with E-state index in [1.807, 2.05) is 43.5 Å². The molecular formula is C33H38N4O3. The van der Waals surface area contributed by atoms with Crippen molar-refractivity contribution >= 4 is 22.7 Å². The minimum atomic E-state index is -0.718. The molecule has 6 rings (SSSR count). The van der Waals surface area contributed by atoms with Gasteiger partial charge in [0, 0.05) is 43.5 Å². The van der Waals surface area contributed by atoms with Gasteiger partial charge in [-0.2, -0.15) is 0 Å². The molecule has 2 aromatic carbocycles. The maximum absolute atomic E-state index is 12.3. The van der Waals surface area contributed by atoms with E-state index in [-0.39, 0.29) is 5.92 Å². The van der Waals surface area contributed by atoms with Gasteiger partial charge in [-0.25, -0.2) is 4.98 Å². The fourth-order valence-corrected chi connectivity index (χ4v) is 6.32. The highest BCUT2D eigenvalue weighted by Gasteiger charge is 2.35. The smallest absolute Gasteiger partial charge is 0.307 e. The fourth-order valence-electron chi connectivity index (χ4n) is 6.32. The third kappa shape index (κ3) is 5.69. The fraction of sp³-hybridized carbons (Fsp3) is 0.424. The average Bonchev–Trinajstić information content (AvgIpc) is 3.34. The number of fused-ring (bicyclic) bond motifs is 1. The van der Waals surface area contributed by atoms with Crippen LogP contribution < -0.4 is 9.64 Å². The number of aliphatic carboxylic acids is 1. The Kier molecular flexibility index (Phi) is 7.71. The molecule has 3 heterocycles. The Morgan fingerprint density at radius 1 is 1.00 bits per heavy atom. The molecule has 2 aromatic heterocycles. The number of piperidine rings is 1. The minimum absolute atomic E-state index is 0.106. The molecule has 2 aliphatic rings. The Bertz CT molecular complexity index is 1470. The molecule has 0 bridgehead atoms. The number of aryl methyl sites for hydroxylation is 1. The summed E-state index contributed by atoms with van der Waals surface area (Å²) in [7, 11) is 0. The van der Waals surface area contributed by atoms with Gasteiger partial charge in [-0.15, -0.1) is 0 Å². The quantitative estimate of drug-likeness (QED) is 0.268. The van der Waals surface area contributed by atoms with E-state index in [9.17, 15) is 9.90 Å². The lowest BCUT2D eigenvalue weighted by Gasteiger charge is -2.30. The monoisotopic (exact) mass is 538 g/mol. The molecule has 1 saturated carbocycles. The summed E-state index contributed by atoms with van der Waals surface area (Å²) in [5.41, 5.74) is 6.30. The number of carboxylic acids is 1. The van der Waals surface area contributed by atoms with E-state index in [0.717, 1.165) is 66.2 Å². The van der Waals surface area contributed by atoms with E-state index in [0.29, 0.717) is 19.6 Å². The second-order valence-corrected chi connectivity index (χ2v) is 11.4. The zero-order valence-corrected chi connectivity index (χ0v) is 23.3. The van der Waals surface area contributed by atoms with Gasteiger partial charge in [-0.1, -0.05) is 31.0 Å². The summed E-state index contributed by atoms with van der Waals surface area (Å²) in [5.74, 6) is 0.397. The van der Waals surface area contributed by atoms with Gasteiger partial charge in [-0.3, -0.25) is 9.78 Å². The minimum Gasteiger partial charge on any atom is -0.487 e. The molecule has 0 amide bonds. The summed E-state index contributed by atoms with van der Waals surface area (Å²) >= 11 is 0. The van der Waals surface area contributed by atoms with Crippen LogP contribution in [0.3, 0.4) is 0 Å². The molecule has 1 saturated heterocycles. The lowest BCUT2D eigenvalue weighted by molar-refractivity contribution is -0.143. The molecule has 0 radical (unpaired) electrons. The normalized spacial score (nSPS) is 19.6. The summed E-state index contributed by atoms with van der Waals surface area (Å²) in [5, 5.41) is 10.1. The lowest BCUT2D eigenvalue weighted by atomic mass is 9.78. The van der Waals surface area contributed by atoms with Crippen LogP contribution in [0.25, 0.3) is 11.0 Å². The standard InChI is InChI=1S/C33H38N4O3/c1-23-12-13-25(34-20-23)22-40-27-14-15-30-31(19-27)37(32(35-30)28-10-3-4-11-29(28)33(38)39)21-24-8-7-9-26(18-24)36-16-5-2-6-17-36/h7-9,12-15,18-20,28-29H,2-6,10-11,16-17,21-22H2,1H3,(H,38,39)/t28-,29?/m1/s1. The van der Waals surface area contributed by atoms with Crippen molar-refractivity contribution in [3.05, 3.63) is 83.4 Å². The topological polar surface area (TPSA) is 80.5 Å². The van der Waals surface area contributed by atoms with Crippen molar-refractivity contribution in [2.24, 2.45) is 5.92 Å². The van der Waals surface area contributed by atoms with Crippen LogP contribution in [0, 0.1) is 12.8 Å². The Morgan fingerprint density at radius 3 is 2.65 bits per heavy atom. The van der Waals surface area contributed by atoms with E-state index in [1.165, 1.54) is 30.5 Å². The maximum atomic E-state index is 12.3. The molecule has 7 heteroatoms. The SMILES string of the molecule is Cc1ccc(COc2ccc3nc([C@@H]4CCCCC4C(=O)O)n(Cc4cccc(N5CCCCC5)c4)c3c2)nc1. The van der Waals surface area contributed by atoms with Crippen LogP contribution in [0.15, 0.2) is 60.8 Å².